The zero-order valence-corrected chi connectivity index (χ0v) is 14.2. The summed E-state index contributed by atoms with van der Waals surface area (Å²) >= 11 is 12.0. The average molecular weight is 345 g/mol. The first kappa shape index (κ1) is 15.9. The van der Waals surface area contributed by atoms with Crippen LogP contribution in [-0.2, 0) is 9.53 Å². The topological polar surface area (TPSA) is 26.3 Å². The van der Waals surface area contributed by atoms with Gasteiger partial charge in [-0.1, -0.05) is 47.0 Å². The molecule has 2 aromatic carbocycles. The summed E-state index contributed by atoms with van der Waals surface area (Å²) in [5, 5.41) is 1.05. The lowest BCUT2D eigenvalue weighted by Crippen LogP contribution is -1.98. The van der Waals surface area contributed by atoms with Gasteiger partial charge in [0.15, 0.2) is 0 Å². The van der Waals surface area contributed by atoms with Crippen molar-refractivity contribution in [3.63, 3.8) is 0 Å². The van der Waals surface area contributed by atoms with Crippen LogP contribution in [0.2, 0.25) is 10.0 Å². The number of aryl methyl sites for hydroxylation is 2. The fourth-order valence-corrected chi connectivity index (χ4v) is 2.87. The number of carbonyl (C=O) groups excluding carboxylic acids is 1. The van der Waals surface area contributed by atoms with Crippen molar-refractivity contribution < 1.29 is 9.53 Å². The van der Waals surface area contributed by atoms with E-state index < -0.39 is 0 Å². The molecule has 3 rings (SSSR count). The van der Waals surface area contributed by atoms with E-state index in [0.29, 0.717) is 21.4 Å². The molecule has 0 saturated heterocycles. The average Bonchev–Trinajstić information content (AvgIpc) is 2.85. The van der Waals surface area contributed by atoms with E-state index in [2.05, 4.69) is 0 Å². The maximum Gasteiger partial charge on any atom is 0.343 e. The quantitative estimate of drug-likeness (QED) is 0.524. The molecule has 1 aliphatic rings. The molecule has 0 saturated carbocycles. The van der Waals surface area contributed by atoms with E-state index in [1.54, 1.807) is 30.4 Å². The monoisotopic (exact) mass is 344 g/mol. The Morgan fingerprint density at radius 3 is 2.57 bits per heavy atom. The summed E-state index contributed by atoms with van der Waals surface area (Å²) in [6.45, 7) is 3.99. The molecule has 0 unspecified atom stereocenters. The Hall–Kier alpha value is -2.03. The van der Waals surface area contributed by atoms with Crippen LogP contribution in [-0.4, -0.2) is 5.97 Å². The molecule has 0 N–H and O–H groups in total. The Labute approximate surface area is 145 Å². The third-order valence-electron chi connectivity index (χ3n) is 3.66. The molecule has 0 aliphatic carbocycles. The first-order valence-electron chi connectivity index (χ1n) is 7.12. The van der Waals surface area contributed by atoms with Gasteiger partial charge in [-0.2, -0.15) is 0 Å². The van der Waals surface area contributed by atoms with Crippen LogP contribution in [0.15, 0.2) is 48.0 Å². The Bertz CT molecular complexity index is 864. The van der Waals surface area contributed by atoms with Crippen LogP contribution in [0.3, 0.4) is 0 Å². The van der Waals surface area contributed by atoms with Crippen LogP contribution < -0.4 is 0 Å². The molecule has 0 radical (unpaired) electrons. The molecule has 0 spiro atoms. The summed E-state index contributed by atoms with van der Waals surface area (Å²) in [7, 11) is 0. The van der Waals surface area contributed by atoms with Crippen molar-refractivity contribution in [1.82, 2.24) is 0 Å². The molecule has 0 atom stereocenters. The van der Waals surface area contributed by atoms with E-state index in [9.17, 15) is 4.79 Å². The molecular formula is C19H14Cl2O2. The fourth-order valence-electron chi connectivity index (χ4n) is 2.41. The van der Waals surface area contributed by atoms with E-state index in [-0.39, 0.29) is 5.97 Å². The summed E-state index contributed by atoms with van der Waals surface area (Å²) in [6, 6.07) is 11.2. The lowest BCUT2D eigenvalue weighted by molar-refractivity contribution is -0.130. The van der Waals surface area contributed by atoms with Gasteiger partial charge in [0.05, 0.1) is 5.57 Å². The Morgan fingerprint density at radius 2 is 1.83 bits per heavy atom. The van der Waals surface area contributed by atoms with Crippen molar-refractivity contribution >= 4 is 41.0 Å². The predicted molar refractivity (Wildman–Crippen MR) is 94.4 cm³/mol. The van der Waals surface area contributed by atoms with Crippen molar-refractivity contribution in [2.24, 2.45) is 0 Å². The molecule has 2 aromatic rings. The number of carbonyl (C=O) groups is 1. The minimum Gasteiger partial charge on any atom is -0.422 e. The lowest BCUT2D eigenvalue weighted by Gasteiger charge is -2.06. The van der Waals surface area contributed by atoms with E-state index in [1.165, 1.54) is 0 Å². The van der Waals surface area contributed by atoms with Crippen LogP contribution in [0.5, 0.6) is 0 Å². The zero-order valence-electron chi connectivity index (χ0n) is 12.7. The number of hydrogen-bond donors (Lipinski definition) is 0. The highest BCUT2D eigenvalue weighted by atomic mass is 35.5. The van der Waals surface area contributed by atoms with Gasteiger partial charge in [-0.3, -0.25) is 0 Å². The highest BCUT2D eigenvalue weighted by molar-refractivity contribution is 6.35. The second kappa shape index (κ2) is 6.23. The van der Waals surface area contributed by atoms with Crippen molar-refractivity contribution in [2.45, 2.75) is 13.8 Å². The molecule has 1 aliphatic heterocycles. The Morgan fingerprint density at radius 1 is 1.04 bits per heavy atom. The number of benzene rings is 2. The van der Waals surface area contributed by atoms with Crippen LogP contribution in [0, 0.1) is 13.8 Å². The second-order valence-electron chi connectivity index (χ2n) is 5.48. The predicted octanol–water partition coefficient (Wildman–Crippen LogP) is 5.59. The third kappa shape index (κ3) is 3.34. The van der Waals surface area contributed by atoms with Gasteiger partial charge in [-0.05, 0) is 55.3 Å². The number of esters is 1. The molecule has 0 aromatic heterocycles. The summed E-state index contributed by atoms with van der Waals surface area (Å²) in [5.41, 5.74) is 4.27. The lowest BCUT2D eigenvalue weighted by atomic mass is 10.0. The SMILES string of the molecule is Cc1ccc(C)c(C2=C/C(=C/c3ccc(Cl)cc3Cl)C(=O)O2)c1. The van der Waals surface area contributed by atoms with Gasteiger partial charge < -0.3 is 4.74 Å². The number of halogens is 2. The summed E-state index contributed by atoms with van der Waals surface area (Å²) < 4.78 is 5.42. The molecule has 1 heterocycles. The first-order valence-corrected chi connectivity index (χ1v) is 7.88. The highest BCUT2D eigenvalue weighted by Crippen LogP contribution is 2.31. The number of ether oxygens (including phenoxy) is 1. The van der Waals surface area contributed by atoms with Crippen molar-refractivity contribution in [3.8, 4) is 0 Å². The molecule has 0 fully saturated rings. The second-order valence-corrected chi connectivity index (χ2v) is 6.33. The third-order valence-corrected chi connectivity index (χ3v) is 4.22. The normalized spacial score (nSPS) is 15.7. The number of rotatable bonds is 2. The van der Waals surface area contributed by atoms with Crippen LogP contribution in [0.1, 0.15) is 22.3 Å². The van der Waals surface area contributed by atoms with Gasteiger partial charge in [0.25, 0.3) is 0 Å². The maximum atomic E-state index is 12.1. The van der Waals surface area contributed by atoms with Gasteiger partial charge in [0, 0.05) is 15.6 Å². The van der Waals surface area contributed by atoms with Gasteiger partial charge in [-0.25, -0.2) is 4.79 Å². The number of cyclic esters (lactones) is 1. The van der Waals surface area contributed by atoms with E-state index in [0.717, 1.165) is 22.3 Å². The largest absolute Gasteiger partial charge is 0.422 e. The fraction of sp³-hybridized carbons (Fsp3) is 0.105. The standard InChI is InChI=1S/C19H14Cl2O2/c1-11-3-4-12(2)16(7-11)18-9-14(19(22)23-18)8-13-5-6-15(20)10-17(13)21/h3-10H,1-2H3/b14-8-. The summed E-state index contributed by atoms with van der Waals surface area (Å²) in [6.07, 6.45) is 3.45. The smallest absolute Gasteiger partial charge is 0.343 e. The van der Waals surface area contributed by atoms with Crippen molar-refractivity contribution in [3.05, 3.63) is 80.3 Å². The van der Waals surface area contributed by atoms with Gasteiger partial charge in [-0.15, -0.1) is 0 Å². The van der Waals surface area contributed by atoms with E-state index in [4.69, 9.17) is 27.9 Å². The van der Waals surface area contributed by atoms with Crippen molar-refractivity contribution in [2.75, 3.05) is 0 Å². The Kier molecular flexibility index (Phi) is 4.29. The summed E-state index contributed by atoms with van der Waals surface area (Å²) in [5.74, 6) is 0.180. The maximum absolute atomic E-state index is 12.1. The van der Waals surface area contributed by atoms with Crippen LogP contribution >= 0.6 is 23.2 Å². The van der Waals surface area contributed by atoms with Crippen molar-refractivity contribution in [1.29, 1.82) is 0 Å². The summed E-state index contributed by atoms with van der Waals surface area (Å²) in [4.78, 5) is 12.1. The number of hydrogen-bond acceptors (Lipinski definition) is 2. The Balaban J connectivity index is 2.01. The van der Waals surface area contributed by atoms with E-state index >= 15 is 0 Å². The molecule has 2 nitrogen and oxygen atoms in total. The van der Waals surface area contributed by atoms with E-state index in [1.807, 2.05) is 32.0 Å². The van der Waals surface area contributed by atoms with Crippen LogP contribution in [0.4, 0.5) is 0 Å². The molecule has 0 amide bonds. The van der Waals surface area contributed by atoms with Gasteiger partial charge in [0.2, 0.25) is 0 Å². The molecule has 4 heteroatoms. The molecule has 23 heavy (non-hydrogen) atoms. The molecule has 116 valence electrons. The minimum absolute atomic E-state index is 0.382. The zero-order chi connectivity index (χ0) is 16.6. The van der Waals surface area contributed by atoms with Crippen LogP contribution in [0.25, 0.3) is 11.8 Å². The minimum atomic E-state index is -0.382. The van der Waals surface area contributed by atoms with Gasteiger partial charge >= 0.3 is 5.97 Å². The molecular weight excluding hydrogens is 331 g/mol. The molecule has 0 bridgehead atoms. The first-order chi connectivity index (χ1) is 10.9. The highest BCUT2D eigenvalue weighted by Gasteiger charge is 2.23. The van der Waals surface area contributed by atoms with Gasteiger partial charge in [0.1, 0.15) is 5.76 Å².